The highest BCUT2D eigenvalue weighted by Gasteiger charge is 2.24. The molecule has 0 radical (unpaired) electrons. The summed E-state index contributed by atoms with van der Waals surface area (Å²) in [5.74, 6) is 1.92. The summed E-state index contributed by atoms with van der Waals surface area (Å²) in [6.07, 6.45) is 6.74. The van der Waals surface area contributed by atoms with E-state index in [1.54, 1.807) is 43.7 Å². The van der Waals surface area contributed by atoms with Gasteiger partial charge in [0.15, 0.2) is 0 Å². The van der Waals surface area contributed by atoms with Crippen LogP contribution in [0, 0.1) is 0 Å². The van der Waals surface area contributed by atoms with Gasteiger partial charge in [0.25, 0.3) is 0 Å². The third-order valence-corrected chi connectivity index (χ3v) is 8.97. The van der Waals surface area contributed by atoms with Crippen LogP contribution < -0.4 is 25.6 Å². The van der Waals surface area contributed by atoms with E-state index < -0.39 is 7.14 Å². The van der Waals surface area contributed by atoms with Crippen LogP contribution in [0.3, 0.4) is 0 Å². The molecular weight excluding hydrogens is 635 g/mol. The van der Waals surface area contributed by atoms with E-state index in [0.717, 1.165) is 17.1 Å². The second kappa shape index (κ2) is 11.9. The van der Waals surface area contributed by atoms with Gasteiger partial charge in [-0.05, 0) is 53.5 Å². The minimum Gasteiger partial charge on any atom is -0.479 e. The number of aryl methyl sites for hydroxylation is 1. The van der Waals surface area contributed by atoms with Gasteiger partial charge in [0.1, 0.15) is 30.0 Å². The van der Waals surface area contributed by atoms with E-state index >= 15 is 0 Å². The van der Waals surface area contributed by atoms with Gasteiger partial charge in [0.05, 0.1) is 47.0 Å². The van der Waals surface area contributed by atoms with Gasteiger partial charge in [0.2, 0.25) is 11.8 Å². The molecule has 0 aliphatic carbocycles. The highest BCUT2D eigenvalue weighted by atomic mass is 79.9. The standard InChI is InChI=1S/C28H30BrN10O3P/c1-38-10-7-19(37-38)17-15-22(27(41-2)36-26(17)39-11-13-42-14-12-39)34-28-32-16-18(29)25(35-28)33-21-6-5-20-23(31-9-8-30-20)24(21)43(3,4)40/h5-10,15-16H,11-14H2,1-4H3,(H2,32,33,34,35). The van der Waals surface area contributed by atoms with Crippen molar-refractivity contribution in [2.75, 3.05) is 62.3 Å². The van der Waals surface area contributed by atoms with E-state index in [2.05, 4.69) is 51.5 Å². The molecule has 2 N–H and O–H groups in total. The van der Waals surface area contributed by atoms with Gasteiger partial charge < -0.3 is 29.6 Å². The van der Waals surface area contributed by atoms with Crippen molar-refractivity contribution < 1.29 is 14.0 Å². The van der Waals surface area contributed by atoms with Crippen LogP contribution in [0.25, 0.3) is 22.3 Å². The first-order valence-corrected chi connectivity index (χ1v) is 16.9. The third kappa shape index (κ3) is 6.03. The van der Waals surface area contributed by atoms with Crippen molar-refractivity contribution in [3.8, 4) is 17.1 Å². The summed E-state index contributed by atoms with van der Waals surface area (Å²) in [4.78, 5) is 25.1. The van der Waals surface area contributed by atoms with Gasteiger partial charge in [-0.2, -0.15) is 15.1 Å². The Bertz CT molecular complexity index is 1850. The Morgan fingerprint density at radius 1 is 1.02 bits per heavy atom. The highest BCUT2D eigenvalue weighted by Crippen LogP contribution is 2.42. The van der Waals surface area contributed by atoms with E-state index in [0.29, 0.717) is 76.1 Å². The van der Waals surface area contributed by atoms with Crippen LogP contribution in [0.2, 0.25) is 0 Å². The van der Waals surface area contributed by atoms with Gasteiger partial charge in [-0.3, -0.25) is 14.6 Å². The third-order valence-electron chi connectivity index (χ3n) is 6.86. The number of pyridine rings is 1. The van der Waals surface area contributed by atoms with Crippen LogP contribution >= 0.6 is 23.1 Å². The fourth-order valence-corrected chi connectivity index (χ4v) is 6.61. The maximum Gasteiger partial charge on any atom is 0.239 e. The average molecular weight is 665 g/mol. The minimum absolute atomic E-state index is 0.301. The summed E-state index contributed by atoms with van der Waals surface area (Å²) in [7, 11) is 0.686. The SMILES string of the molecule is COc1nc(N2CCOCC2)c(-c2ccn(C)n2)cc1Nc1ncc(Br)c(Nc2ccc3nccnc3c2P(C)(C)=O)n1. The van der Waals surface area contributed by atoms with Crippen molar-refractivity contribution in [2.24, 2.45) is 7.05 Å². The number of aromatic nitrogens is 7. The van der Waals surface area contributed by atoms with Crippen molar-refractivity contribution in [2.45, 2.75) is 0 Å². The summed E-state index contributed by atoms with van der Waals surface area (Å²) in [5.41, 5.74) is 4.06. The molecule has 222 valence electrons. The van der Waals surface area contributed by atoms with Gasteiger partial charge in [0, 0.05) is 50.5 Å². The summed E-state index contributed by atoms with van der Waals surface area (Å²) < 4.78 is 27.0. The van der Waals surface area contributed by atoms with E-state index in [1.165, 1.54) is 0 Å². The zero-order valence-corrected chi connectivity index (χ0v) is 26.6. The molecule has 0 bridgehead atoms. The van der Waals surface area contributed by atoms with Crippen molar-refractivity contribution in [1.29, 1.82) is 0 Å². The molecular formula is C28H30BrN10O3P. The number of benzene rings is 1. The van der Waals surface area contributed by atoms with Crippen LogP contribution in [-0.4, -0.2) is 81.4 Å². The lowest BCUT2D eigenvalue weighted by molar-refractivity contribution is 0.122. The molecule has 5 heterocycles. The van der Waals surface area contributed by atoms with E-state index in [1.807, 2.05) is 37.5 Å². The molecule has 1 aromatic carbocycles. The van der Waals surface area contributed by atoms with Crippen LogP contribution in [0.4, 0.5) is 29.0 Å². The molecule has 1 fully saturated rings. The summed E-state index contributed by atoms with van der Waals surface area (Å²) >= 11 is 3.55. The molecule has 1 saturated heterocycles. The Hall–Kier alpha value is -4.13. The first kappa shape index (κ1) is 29.0. The topological polar surface area (TPSA) is 145 Å². The zero-order valence-electron chi connectivity index (χ0n) is 24.1. The fraction of sp³-hybridized carbons (Fsp3) is 0.286. The number of fused-ring (bicyclic) bond motifs is 1. The minimum atomic E-state index is -2.76. The first-order valence-electron chi connectivity index (χ1n) is 13.5. The first-order chi connectivity index (χ1) is 20.7. The monoisotopic (exact) mass is 664 g/mol. The number of morpholine rings is 1. The van der Waals surface area contributed by atoms with Gasteiger partial charge in [-0.15, -0.1) is 0 Å². The smallest absolute Gasteiger partial charge is 0.239 e. The average Bonchev–Trinajstić information content (AvgIpc) is 3.44. The Labute approximate surface area is 256 Å². The molecule has 6 rings (SSSR count). The Morgan fingerprint density at radius 2 is 1.81 bits per heavy atom. The number of nitrogens with zero attached hydrogens (tertiary/aromatic N) is 8. The maximum atomic E-state index is 13.4. The molecule has 1 aliphatic heterocycles. The lowest BCUT2D eigenvalue weighted by Crippen LogP contribution is -2.37. The largest absolute Gasteiger partial charge is 0.479 e. The van der Waals surface area contributed by atoms with Gasteiger partial charge >= 0.3 is 0 Å². The van der Waals surface area contributed by atoms with E-state index in [-0.39, 0.29) is 0 Å². The molecule has 5 aromatic rings. The molecule has 15 heteroatoms. The predicted molar refractivity (Wildman–Crippen MR) is 171 cm³/mol. The van der Waals surface area contributed by atoms with Crippen LogP contribution in [0.1, 0.15) is 0 Å². The lowest BCUT2D eigenvalue weighted by Gasteiger charge is -2.30. The highest BCUT2D eigenvalue weighted by molar-refractivity contribution is 9.10. The molecule has 0 unspecified atom stereocenters. The van der Waals surface area contributed by atoms with Gasteiger partial charge in [-0.1, -0.05) is 0 Å². The number of hydrogen-bond donors (Lipinski definition) is 2. The Morgan fingerprint density at radius 3 is 2.53 bits per heavy atom. The molecule has 0 atom stereocenters. The van der Waals surface area contributed by atoms with Crippen LogP contribution in [-0.2, 0) is 16.3 Å². The summed E-state index contributed by atoms with van der Waals surface area (Å²) in [6, 6.07) is 7.57. The molecule has 0 amide bonds. The van der Waals surface area contributed by atoms with E-state index in [4.69, 9.17) is 19.4 Å². The fourth-order valence-electron chi connectivity index (χ4n) is 4.93. The van der Waals surface area contributed by atoms with Crippen molar-refractivity contribution in [3.63, 3.8) is 0 Å². The maximum absolute atomic E-state index is 13.4. The lowest BCUT2D eigenvalue weighted by atomic mass is 10.1. The quantitative estimate of drug-likeness (QED) is 0.224. The zero-order chi connectivity index (χ0) is 30.1. The number of nitrogens with one attached hydrogen (secondary N) is 2. The van der Waals surface area contributed by atoms with Crippen molar-refractivity contribution in [3.05, 3.63) is 53.5 Å². The van der Waals surface area contributed by atoms with Gasteiger partial charge in [-0.25, -0.2) is 4.98 Å². The van der Waals surface area contributed by atoms with Crippen LogP contribution in [0.5, 0.6) is 5.88 Å². The number of anilines is 5. The Kier molecular flexibility index (Phi) is 7.99. The molecule has 0 saturated carbocycles. The number of ether oxygens (including phenoxy) is 2. The predicted octanol–water partition coefficient (Wildman–Crippen LogP) is 4.56. The molecule has 0 spiro atoms. The normalized spacial score (nSPS) is 13.7. The Balaban J connectivity index is 1.38. The molecule has 43 heavy (non-hydrogen) atoms. The number of methoxy groups -OCH3 is 1. The summed E-state index contributed by atoms with van der Waals surface area (Å²) in [5, 5.41) is 11.8. The number of rotatable bonds is 8. The number of hydrogen-bond acceptors (Lipinski definition) is 12. The molecule has 13 nitrogen and oxygen atoms in total. The summed E-state index contributed by atoms with van der Waals surface area (Å²) in [6.45, 7) is 6.07. The van der Waals surface area contributed by atoms with Crippen molar-refractivity contribution >= 4 is 68.4 Å². The van der Waals surface area contributed by atoms with Crippen molar-refractivity contribution in [1.82, 2.24) is 34.7 Å². The molecule has 1 aliphatic rings. The van der Waals surface area contributed by atoms with Crippen LogP contribution in [0.15, 0.2) is 53.5 Å². The second-order valence-corrected chi connectivity index (χ2v) is 14.3. The second-order valence-electron chi connectivity index (χ2n) is 10.3. The molecule has 4 aromatic heterocycles. The number of halogens is 1. The van der Waals surface area contributed by atoms with E-state index in [9.17, 15) is 4.57 Å².